The molecule has 0 saturated heterocycles. The highest BCUT2D eigenvalue weighted by Gasteiger charge is 2.22. The molecule has 5 nitrogen and oxygen atoms in total. The molecule has 0 fully saturated rings. The lowest BCUT2D eigenvalue weighted by atomic mass is 9.99. The first-order valence-corrected chi connectivity index (χ1v) is 14.3. The van der Waals surface area contributed by atoms with Gasteiger partial charge in [-0.1, -0.05) is 91.0 Å². The van der Waals surface area contributed by atoms with E-state index in [2.05, 4.69) is 73.3 Å². The molecule has 0 bridgehead atoms. The van der Waals surface area contributed by atoms with Gasteiger partial charge in [0.1, 0.15) is 18.2 Å². The summed E-state index contributed by atoms with van der Waals surface area (Å²) in [6.07, 6.45) is 2.18. The summed E-state index contributed by atoms with van der Waals surface area (Å²) in [6.45, 7) is 2.14. The lowest BCUT2D eigenvalue weighted by Crippen LogP contribution is -2.30. The van der Waals surface area contributed by atoms with Gasteiger partial charge in [-0.05, 0) is 42.1 Å². The van der Waals surface area contributed by atoms with Crippen molar-refractivity contribution in [1.82, 2.24) is 15.0 Å². The minimum atomic E-state index is 0.622. The summed E-state index contributed by atoms with van der Waals surface area (Å²) in [6, 6.07) is 41.3. The second kappa shape index (κ2) is 10.00. The maximum Gasteiger partial charge on any atom is 0.216 e. The van der Waals surface area contributed by atoms with Crippen LogP contribution in [-0.2, 0) is 7.05 Å². The summed E-state index contributed by atoms with van der Waals surface area (Å²) in [4.78, 5) is 14.7. The van der Waals surface area contributed by atoms with Gasteiger partial charge in [0, 0.05) is 38.9 Å². The number of benzene rings is 5. The van der Waals surface area contributed by atoms with Crippen LogP contribution in [0.2, 0.25) is 0 Å². The molecule has 0 amide bonds. The van der Waals surface area contributed by atoms with Crippen LogP contribution in [0.25, 0.3) is 78.1 Å². The number of aromatic nitrogens is 4. The summed E-state index contributed by atoms with van der Waals surface area (Å²) in [7, 11) is 2.09. The molecule has 0 N–H and O–H groups in total. The van der Waals surface area contributed by atoms with Gasteiger partial charge in [0.2, 0.25) is 5.69 Å². The van der Waals surface area contributed by atoms with Crippen molar-refractivity contribution in [2.24, 2.45) is 7.05 Å². The second-order valence-electron chi connectivity index (χ2n) is 10.9. The normalized spacial score (nSPS) is 11.5. The van der Waals surface area contributed by atoms with Crippen molar-refractivity contribution in [3.05, 3.63) is 133 Å². The van der Waals surface area contributed by atoms with Gasteiger partial charge in [-0.15, -0.1) is 0 Å². The Morgan fingerprint density at radius 1 is 0.558 bits per heavy atom. The summed E-state index contributed by atoms with van der Waals surface area (Å²) in [5, 5.41) is 4.49. The molecule has 0 aliphatic carbocycles. The highest BCUT2D eigenvalue weighted by Crippen LogP contribution is 2.39. The number of fused-ring (bicyclic) bond motifs is 4. The predicted molar refractivity (Wildman–Crippen MR) is 172 cm³/mol. The van der Waals surface area contributed by atoms with Gasteiger partial charge in [0.15, 0.2) is 23.7 Å². The van der Waals surface area contributed by atoms with E-state index < -0.39 is 0 Å². The Bertz CT molecular complexity index is 2250. The van der Waals surface area contributed by atoms with Crippen LogP contribution in [0.4, 0.5) is 0 Å². The predicted octanol–water partition coefficient (Wildman–Crippen LogP) is 8.73. The minimum Gasteiger partial charge on any atom is -0.455 e. The molecular weight excluding hydrogens is 528 g/mol. The lowest BCUT2D eigenvalue weighted by Gasteiger charge is -2.08. The van der Waals surface area contributed by atoms with Crippen molar-refractivity contribution in [3.8, 4) is 45.4 Å². The van der Waals surface area contributed by atoms with Crippen molar-refractivity contribution in [2.75, 3.05) is 0 Å². The monoisotopic (exact) mass is 555 g/mol. The fourth-order valence-corrected chi connectivity index (χ4v) is 5.87. The standard InChI is InChI=1S/C38H27N4O/c1-24-17-19-30-31-21-28(38-40-36(25-11-5-3-6-12-25)39-37(41-38)26-13-7-4-8-14-26)18-20-33(31)43-35(30)34(24)32-22-27-15-9-10-16-29(27)23-42(32)2/h3-23H,1-2H3/q+1. The van der Waals surface area contributed by atoms with E-state index in [1.165, 1.54) is 10.8 Å². The molecule has 0 saturated carbocycles. The highest BCUT2D eigenvalue weighted by atomic mass is 16.3. The molecule has 3 aromatic heterocycles. The molecule has 43 heavy (non-hydrogen) atoms. The molecule has 0 spiro atoms. The zero-order chi connectivity index (χ0) is 28.9. The SMILES string of the molecule is Cc1ccc2c(oc3ccc(-c4nc(-c5ccccc5)nc(-c5ccccc5)n4)cc32)c1-c1cc2ccccc2c[n+]1C. The van der Waals surface area contributed by atoms with Crippen LogP contribution in [-0.4, -0.2) is 15.0 Å². The van der Waals surface area contributed by atoms with Crippen molar-refractivity contribution < 1.29 is 8.98 Å². The van der Waals surface area contributed by atoms with E-state index in [0.29, 0.717) is 17.5 Å². The Labute approximate surface area is 248 Å². The van der Waals surface area contributed by atoms with Crippen LogP contribution in [0.1, 0.15) is 5.56 Å². The number of hydrogen-bond acceptors (Lipinski definition) is 4. The summed E-state index contributed by atoms with van der Waals surface area (Å²) < 4.78 is 8.78. The fraction of sp³-hybridized carbons (Fsp3) is 0.0526. The maximum absolute atomic E-state index is 6.60. The number of rotatable bonds is 4. The molecule has 5 heteroatoms. The lowest BCUT2D eigenvalue weighted by molar-refractivity contribution is -0.659. The van der Waals surface area contributed by atoms with E-state index in [1.807, 2.05) is 72.8 Å². The van der Waals surface area contributed by atoms with Gasteiger partial charge in [0.25, 0.3) is 0 Å². The first-order valence-electron chi connectivity index (χ1n) is 14.3. The molecule has 8 rings (SSSR count). The van der Waals surface area contributed by atoms with Gasteiger partial charge in [-0.25, -0.2) is 19.5 Å². The first kappa shape index (κ1) is 25.1. The van der Waals surface area contributed by atoms with Crippen LogP contribution < -0.4 is 4.57 Å². The number of aryl methyl sites for hydroxylation is 2. The van der Waals surface area contributed by atoms with Crippen LogP contribution in [0.5, 0.6) is 0 Å². The zero-order valence-electron chi connectivity index (χ0n) is 23.8. The van der Waals surface area contributed by atoms with Gasteiger partial charge in [0.05, 0.1) is 5.56 Å². The molecule has 5 aromatic carbocycles. The topological polar surface area (TPSA) is 55.7 Å². The average Bonchev–Trinajstić information content (AvgIpc) is 3.43. The third-order valence-electron chi connectivity index (χ3n) is 8.06. The van der Waals surface area contributed by atoms with E-state index in [-0.39, 0.29) is 0 Å². The smallest absolute Gasteiger partial charge is 0.216 e. The molecule has 204 valence electrons. The number of hydrogen-bond donors (Lipinski definition) is 0. The Kier molecular flexibility index (Phi) is 5.83. The van der Waals surface area contributed by atoms with Crippen molar-refractivity contribution in [3.63, 3.8) is 0 Å². The quantitative estimate of drug-likeness (QED) is 0.204. The fourth-order valence-electron chi connectivity index (χ4n) is 5.87. The van der Waals surface area contributed by atoms with Crippen LogP contribution in [0, 0.1) is 6.92 Å². The molecule has 0 aliphatic heterocycles. The largest absolute Gasteiger partial charge is 0.455 e. The minimum absolute atomic E-state index is 0.622. The Hall–Kier alpha value is -5.68. The number of nitrogens with zero attached hydrogens (tertiary/aromatic N) is 4. The molecule has 0 aliphatic rings. The number of pyridine rings is 1. The van der Waals surface area contributed by atoms with Gasteiger partial charge in [-0.2, -0.15) is 0 Å². The Morgan fingerprint density at radius 2 is 1.16 bits per heavy atom. The third-order valence-corrected chi connectivity index (χ3v) is 8.06. The molecule has 0 unspecified atom stereocenters. The van der Waals surface area contributed by atoms with Crippen LogP contribution in [0.15, 0.2) is 132 Å². The van der Waals surface area contributed by atoms with Crippen molar-refractivity contribution in [2.45, 2.75) is 6.92 Å². The molecule has 3 heterocycles. The van der Waals surface area contributed by atoms with Crippen molar-refractivity contribution in [1.29, 1.82) is 0 Å². The Balaban J connectivity index is 1.32. The van der Waals surface area contributed by atoms with Crippen molar-refractivity contribution >= 4 is 32.7 Å². The van der Waals surface area contributed by atoms with E-state index in [0.717, 1.165) is 55.4 Å². The maximum atomic E-state index is 6.60. The van der Waals surface area contributed by atoms with Crippen LogP contribution in [0.3, 0.4) is 0 Å². The molecule has 0 atom stereocenters. The molecular formula is C38H27N4O+. The first-order chi connectivity index (χ1) is 21.1. The second-order valence-corrected chi connectivity index (χ2v) is 10.9. The number of furan rings is 1. The molecule has 8 aromatic rings. The van der Waals surface area contributed by atoms with Gasteiger partial charge < -0.3 is 4.42 Å². The van der Waals surface area contributed by atoms with Crippen LogP contribution >= 0.6 is 0 Å². The van der Waals surface area contributed by atoms with E-state index in [9.17, 15) is 0 Å². The van der Waals surface area contributed by atoms with E-state index in [1.54, 1.807) is 0 Å². The Morgan fingerprint density at radius 3 is 1.84 bits per heavy atom. The van der Waals surface area contributed by atoms with E-state index in [4.69, 9.17) is 19.4 Å². The van der Waals surface area contributed by atoms with Gasteiger partial charge >= 0.3 is 0 Å². The summed E-state index contributed by atoms with van der Waals surface area (Å²) in [5.41, 5.74) is 7.88. The summed E-state index contributed by atoms with van der Waals surface area (Å²) in [5.74, 6) is 1.91. The highest BCUT2D eigenvalue weighted by molar-refractivity contribution is 6.11. The van der Waals surface area contributed by atoms with E-state index >= 15 is 0 Å². The zero-order valence-corrected chi connectivity index (χ0v) is 23.8. The average molecular weight is 556 g/mol. The summed E-state index contributed by atoms with van der Waals surface area (Å²) >= 11 is 0. The van der Waals surface area contributed by atoms with Gasteiger partial charge in [-0.3, -0.25) is 0 Å². The molecule has 0 radical (unpaired) electrons. The third kappa shape index (κ3) is 4.34.